The van der Waals surface area contributed by atoms with E-state index in [-0.39, 0.29) is 10.8 Å². The van der Waals surface area contributed by atoms with Crippen molar-refractivity contribution in [2.75, 3.05) is 4.90 Å². The van der Waals surface area contributed by atoms with E-state index in [1.165, 1.54) is 110 Å². The zero-order valence-electron chi connectivity index (χ0n) is 42.2. The van der Waals surface area contributed by atoms with Crippen molar-refractivity contribution in [1.29, 1.82) is 0 Å². The number of benzene rings is 11. The number of fused-ring (bicyclic) bond motifs is 13. The fourth-order valence-electron chi connectivity index (χ4n) is 13.0. The van der Waals surface area contributed by atoms with Crippen LogP contribution in [0.1, 0.15) is 49.9 Å². The second-order valence-electron chi connectivity index (χ2n) is 21.4. The Labute approximate surface area is 433 Å². The lowest BCUT2D eigenvalue weighted by molar-refractivity contribution is 0.654. The van der Waals surface area contributed by atoms with E-state index in [4.69, 9.17) is 0 Å². The minimum absolute atomic E-state index is 0.0866. The first kappa shape index (κ1) is 43.8. The highest BCUT2D eigenvalue weighted by molar-refractivity contribution is 6.25. The van der Waals surface area contributed by atoms with Crippen molar-refractivity contribution in [2.45, 2.75) is 38.5 Å². The van der Waals surface area contributed by atoms with E-state index in [0.717, 1.165) is 33.9 Å². The second kappa shape index (κ2) is 16.3. The van der Waals surface area contributed by atoms with E-state index in [1.807, 2.05) is 12.2 Å². The zero-order valence-corrected chi connectivity index (χ0v) is 42.2. The van der Waals surface area contributed by atoms with Gasteiger partial charge in [-0.05, 0) is 178 Å². The fraction of sp³-hybridized carbons (Fsp3) is 0.0833. The van der Waals surface area contributed by atoms with Gasteiger partial charge in [0.25, 0.3) is 0 Å². The molecule has 74 heavy (non-hydrogen) atoms. The van der Waals surface area contributed by atoms with Gasteiger partial charge in [-0.1, -0.05) is 193 Å². The van der Waals surface area contributed by atoms with E-state index < -0.39 is 0 Å². The van der Waals surface area contributed by atoms with Crippen LogP contribution in [0.4, 0.5) is 17.1 Å². The number of allylic oxidation sites excluding steroid dienone is 4. The van der Waals surface area contributed by atoms with E-state index in [1.54, 1.807) is 0 Å². The number of hydrogen-bond acceptors (Lipinski definition) is 1. The van der Waals surface area contributed by atoms with Crippen molar-refractivity contribution in [3.63, 3.8) is 0 Å². The van der Waals surface area contributed by atoms with Crippen LogP contribution < -0.4 is 4.90 Å². The molecule has 0 fully saturated rings. The summed E-state index contributed by atoms with van der Waals surface area (Å²) in [6.45, 7) is 17.7. The minimum atomic E-state index is -0.201. The standard InChI is InChI=1S/C72H54N2/c1-7-53-60-37-34-52(44-68(60)71(3,4)65(53)8-2)73(49-18-10-9-11-19-49)50-31-26-45(27-32-50)46-29-38-69-63(40-46)64-41-47(48-28-35-61-59-24-16-17-25-66(59)72(5,6)67(61)42-48)30-39-70(64)74(69)51-33-36-58-56-22-13-12-20-54(56)55-21-14-15-23-57(55)62(58)43-51/h7-44H,1-2H2,3-6H3. The molecule has 0 spiro atoms. The summed E-state index contributed by atoms with van der Waals surface area (Å²) in [5.74, 6) is 0. The zero-order chi connectivity index (χ0) is 50.0. The molecule has 0 aliphatic heterocycles. The van der Waals surface area contributed by atoms with Crippen molar-refractivity contribution in [2.24, 2.45) is 0 Å². The van der Waals surface area contributed by atoms with Crippen LogP contribution in [0, 0.1) is 0 Å². The highest BCUT2D eigenvalue weighted by Crippen LogP contribution is 2.52. The Morgan fingerprint density at radius 1 is 0.351 bits per heavy atom. The molecule has 1 heterocycles. The molecule has 0 saturated carbocycles. The summed E-state index contributed by atoms with van der Waals surface area (Å²) >= 11 is 0. The first-order valence-electron chi connectivity index (χ1n) is 25.9. The minimum Gasteiger partial charge on any atom is -0.310 e. The largest absolute Gasteiger partial charge is 0.310 e. The molecule has 0 unspecified atom stereocenters. The molecule has 0 bridgehead atoms. The summed E-state index contributed by atoms with van der Waals surface area (Å²) in [6.07, 6.45) is 3.98. The van der Waals surface area contributed by atoms with Gasteiger partial charge in [-0.3, -0.25) is 0 Å². The van der Waals surface area contributed by atoms with Crippen LogP contribution in [0.25, 0.3) is 98.8 Å². The molecule has 0 atom stereocenters. The maximum Gasteiger partial charge on any atom is 0.0541 e. The van der Waals surface area contributed by atoms with Crippen LogP contribution in [0.2, 0.25) is 0 Å². The quantitative estimate of drug-likeness (QED) is 0.138. The van der Waals surface area contributed by atoms with Crippen molar-refractivity contribution in [3.8, 4) is 39.1 Å². The molecule has 11 aromatic carbocycles. The van der Waals surface area contributed by atoms with E-state index in [2.05, 4.69) is 269 Å². The lowest BCUT2D eigenvalue weighted by Gasteiger charge is -2.28. The van der Waals surface area contributed by atoms with Crippen molar-refractivity contribution >= 4 is 76.8 Å². The SMILES string of the molecule is C=CC1=C(C=C)C(C)(C)c2cc(N(c3ccccc3)c3ccc(-c4ccc5c(c4)c4cc(-c6ccc7c(c6)C(C)(C)c6ccccc6-7)ccc4n5-c4ccc5c6ccccc6c6ccccc6c5c4)cc3)ccc21. The van der Waals surface area contributed by atoms with Gasteiger partial charge in [-0.15, -0.1) is 0 Å². The maximum absolute atomic E-state index is 4.20. The lowest BCUT2D eigenvalue weighted by Crippen LogP contribution is -2.17. The van der Waals surface area contributed by atoms with Gasteiger partial charge in [-0.2, -0.15) is 0 Å². The maximum atomic E-state index is 4.20. The monoisotopic (exact) mass is 946 g/mol. The molecular weight excluding hydrogens is 893 g/mol. The number of hydrogen-bond donors (Lipinski definition) is 0. The van der Waals surface area contributed by atoms with Gasteiger partial charge in [0.15, 0.2) is 0 Å². The summed E-state index contributed by atoms with van der Waals surface area (Å²) in [5, 5.41) is 10.1. The van der Waals surface area contributed by atoms with Gasteiger partial charge >= 0.3 is 0 Å². The van der Waals surface area contributed by atoms with Gasteiger partial charge in [-0.25, -0.2) is 0 Å². The van der Waals surface area contributed by atoms with E-state index in [0.29, 0.717) is 0 Å². The summed E-state index contributed by atoms with van der Waals surface area (Å²) in [7, 11) is 0. The number of nitrogens with zero attached hydrogens (tertiary/aromatic N) is 2. The smallest absolute Gasteiger partial charge is 0.0541 e. The predicted octanol–water partition coefficient (Wildman–Crippen LogP) is 19.8. The average Bonchev–Trinajstić information content (AvgIpc) is 3.99. The molecule has 2 nitrogen and oxygen atoms in total. The molecular formula is C72H54N2. The fourth-order valence-corrected chi connectivity index (χ4v) is 13.0. The number of para-hydroxylation sites is 1. The van der Waals surface area contributed by atoms with Crippen LogP contribution in [-0.4, -0.2) is 4.57 Å². The molecule has 12 aromatic rings. The molecule has 2 aliphatic carbocycles. The first-order valence-corrected chi connectivity index (χ1v) is 25.9. The number of aromatic nitrogens is 1. The molecule has 0 saturated heterocycles. The Morgan fingerprint density at radius 2 is 0.851 bits per heavy atom. The normalized spacial score (nSPS) is 14.2. The summed E-state index contributed by atoms with van der Waals surface area (Å²) in [5.41, 5.74) is 21.6. The predicted molar refractivity (Wildman–Crippen MR) is 317 cm³/mol. The van der Waals surface area contributed by atoms with Crippen LogP contribution >= 0.6 is 0 Å². The second-order valence-corrected chi connectivity index (χ2v) is 21.4. The molecule has 0 N–H and O–H groups in total. The van der Waals surface area contributed by atoms with Crippen LogP contribution in [0.3, 0.4) is 0 Å². The summed E-state index contributed by atoms with van der Waals surface area (Å²) < 4.78 is 2.48. The summed E-state index contributed by atoms with van der Waals surface area (Å²) in [6, 6.07) is 81.6. The van der Waals surface area contributed by atoms with E-state index >= 15 is 0 Å². The van der Waals surface area contributed by atoms with Crippen molar-refractivity contribution in [1.82, 2.24) is 4.57 Å². The van der Waals surface area contributed by atoms with Crippen molar-refractivity contribution < 1.29 is 0 Å². The highest BCUT2D eigenvalue weighted by Gasteiger charge is 2.37. The molecule has 2 aliphatic rings. The van der Waals surface area contributed by atoms with Gasteiger partial charge < -0.3 is 9.47 Å². The first-order chi connectivity index (χ1) is 36.1. The Balaban J connectivity index is 0.920. The van der Waals surface area contributed by atoms with Crippen LogP contribution in [0.5, 0.6) is 0 Å². The summed E-state index contributed by atoms with van der Waals surface area (Å²) in [4.78, 5) is 2.37. The van der Waals surface area contributed by atoms with Gasteiger partial charge in [0.2, 0.25) is 0 Å². The van der Waals surface area contributed by atoms with E-state index in [9.17, 15) is 0 Å². The third-order valence-corrected chi connectivity index (χ3v) is 16.7. The van der Waals surface area contributed by atoms with Gasteiger partial charge in [0, 0.05) is 44.4 Å². The lowest BCUT2D eigenvalue weighted by atomic mass is 9.81. The molecule has 352 valence electrons. The Kier molecular flexibility index (Phi) is 9.62. The average molecular weight is 947 g/mol. The van der Waals surface area contributed by atoms with Crippen molar-refractivity contribution in [3.05, 3.63) is 272 Å². The number of anilines is 3. The topological polar surface area (TPSA) is 8.17 Å². The van der Waals surface area contributed by atoms with Gasteiger partial charge in [0.1, 0.15) is 0 Å². The molecule has 0 amide bonds. The Bertz CT molecular complexity index is 4350. The third-order valence-electron chi connectivity index (χ3n) is 16.7. The highest BCUT2D eigenvalue weighted by atomic mass is 15.1. The third kappa shape index (κ3) is 6.37. The molecule has 1 aromatic heterocycles. The number of rotatable bonds is 8. The van der Waals surface area contributed by atoms with Gasteiger partial charge in [0.05, 0.1) is 11.0 Å². The molecule has 14 rings (SSSR count). The van der Waals surface area contributed by atoms with Crippen LogP contribution in [0.15, 0.2) is 249 Å². The Morgan fingerprint density at radius 3 is 1.51 bits per heavy atom. The van der Waals surface area contributed by atoms with Crippen LogP contribution in [-0.2, 0) is 10.8 Å². The Hall–Kier alpha value is -8.98. The molecule has 0 radical (unpaired) electrons. The molecule has 2 heteroatoms.